The van der Waals surface area contributed by atoms with Gasteiger partial charge in [-0.15, -0.1) is 11.3 Å². The maximum Gasteiger partial charge on any atom is 0.211 e. The molecule has 2 rings (SSSR count). The minimum absolute atomic E-state index is 0.226. The lowest BCUT2D eigenvalue weighted by Crippen LogP contribution is -2.40. The van der Waals surface area contributed by atoms with Crippen LogP contribution in [0.25, 0.3) is 0 Å². The van der Waals surface area contributed by atoms with Gasteiger partial charge in [-0.2, -0.15) is 0 Å². The lowest BCUT2D eigenvalue weighted by Gasteiger charge is -2.32. The summed E-state index contributed by atoms with van der Waals surface area (Å²) in [6, 6.07) is 0.226. The largest absolute Gasteiger partial charge is 0.309 e. The topological polar surface area (TPSA) is 62.3 Å². The zero-order valence-corrected chi connectivity index (χ0v) is 14.6. The molecule has 0 aliphatic carbocycles. The van der Waals surface area contributed by atoms with Crippen molar-refractivity contribution in [1.29, 1.82) is 0 Å². The number of nitrogens with zero attached hydrogens (tertiary/aromatic N) is 2. The van der Waals surface area contributed by atoms with E-state index in [1.54, 1.807) is 15.6 Å². The Bertz CT molecular complexity index is 556. The third-order valence-electron chi connectivity index (χ3n) is 3.96. The summed E-state index contributed by atoms with van der Waals surface area (Å²) in [4.78, 5) is 4.59. The molecule has 120 valence electrons. The van der Waals surface area contributed by atoms with Crippen LogP contribution in [-0.2, 0) is 10.0 Å². The van der Waals surface area contributed by atoms with Crippen molar-refractivity contribution >= 4 is 21.4 Å². The Morgan fingerprint density at radius 1 is 1.57 bits per heavy atom. The highest BCUT2D eigenvalue weighted by atomic mass is 32.2. The molecule has 1 fully saturated rings. The van der Waals surface area contributed by atoms with Crippen molar-refractivity contribution < 1.29 is 8.42 Å². The van der Waals surface area contributed by atoms with Crippen LogP contribution in [0, 0.1) is 12.8 Å². The summed E-state index contributed by atoms with van der Waals surface area (Å²) in [7, 11) is -3.07. The highest BCUT2D eigenvalue weighted by molar-refractivity contribution is 7.88. The van der Waals surface area contributed by atoms with Crippen molar-refractivity contribution in [2.24, 2.45) is 5.92 Å². The molecule has 5 nitrogen and oxygen atoms in total. The zero-order chi connectivity index (χ0) is 15.5. The van der Waals surface area contributed by atoms with Crippen LogP contribution in [0.2, 0.25) is 0 Å². The van der Waals surface area contributed by atoms with Crippen LogP contribution in [0.15, 0.2) is 5.38 Å². The number of rotatable bonds is 6. The molecular formula is C14H25N3O2S2. The van der Waals surface area contributed by atoms with Gasteiger partial charge in [0.2, 0.25) is 10.0 Å². The fourth-order valence-corrected chi connectivity index (χ4v) is 4.56. The minimum Gasteiger partial charge on any atom is -0.309 e. The van der Waals surface area contributed by atoms with Crippen LogP contribution in [0.5, 0.6) is 0 Å². The summed E-state index contributed by atoms with van der Waals surface area (Å²) in [6.45, 7) is 6.31. The maximum atomic E-state index is 11.7. The maximum absolute atomic E-state index is 11.7. The second kappa shape index (κ2) is 7.17. The average molecular weight is 332 g/mol. The first-order valence-corrected chi connectivity index (χ1v) is 10.2. The van der Waals surface area contributed by atoms with Gasteiger partial charge in [-0.1, -0.05) is 6.92 Å². The van der Waals surface area contributed by atoms with Gasteiger partial charge in [-0.25, -0.2) is 17.7 Å². The molecule has 0 bridgehead atoms. The van der Waals surface area contributed by atoms with Crippen LogP contribution >= 0.6 is 11.3 Å². The van der Waals surface area contributed by atoms with Crippen molar-refractivity contribution in [2.75, 3.05) is 25.9 Å². The highest BCUT2D eigenvalue weighted by Crippen LogP contribution is 2.29. The SMILES string of the molecule is CCNC(CC1CCCN(S(C)(=O)=O)C1)c1csc(C)n1. The molecule has 1 aliphatic rings. The van der Waals surface area contributed by atoms with Crippen LogP contribution in [0.3, 0.4) is 0 Å². The Kier molecular flexibility index (Phi) is 5.76. The molecule has 0 radical (unpaired) electrons. The summed E-state index contributed by atoms with van der Waals surface area (Å²) in [5.74, 6) is 0.402. The van der Waals surface area contributed by atoms with Gasteiger partial charge in [-0.3, -0.25) is 0 Å². The molecule has 1 N–H and O–H groups in total. The van der Waals surface area contributed by atoms with Gasteiger partial charge in [0.1, 0.15) is 0 Å². The lowest BCUT2D eigenvalue weighted by molar-refractivity contribution is 0.238. The number of hydrogen-bond donors (Lipinski definition) is 1. The smallest absolute Gasteiger partial charge is 0.211 e. The molecule has 2 unspecified atom stereocenters. The molecule has 1 saturated heterocycles. The van der Waals surface area contributed by atoms with E-state index >= 15 is 0 Å². The number of hydrogen-bond acceptors (Lipinski definition) is 5. The molecule has 1 aromatic rings. The Morgan fingerprint density at radius 3 is 2.90 bits per heavy atom. The van der Waals surface area contributed by atoms with Crippen molar-refractivity contribution in [3.63, 3.8) is 0 Å². The van der Waals surface area contributed by atoms with Crippen molar-refractivity contribution in [1.82, 2.24) is 14.6 Å². The van der Waals surface area contributed by atoms with Gasteiger partial charge < -0.3 is 5.32 Å². The summed E-state index contributed by atoms with van der Waals surface area (Å²) >= 11 is 1.67. The summed E-state index contributed by atoms with van der Waals surface area (Å²) < 4.78 is 25.1. The van der Waals surface area contributed by atoms with E-state index in [0.717, 1.165) is 36.5 Å². The highest BCUT2D eigenvalue weighted by Gasteiger charge is 2.28. The Labute approximate surface area is 131 Å². The van der Waals surface area contributed by atoms with Gasteiger partial charge in [0.25, 0.3) is 0 Å². The predicted molar refractivity (Wildman–Crippen MR) is 87.0 cm³/mol. The molecule has 2 atom stereocenters. The molecule has 0 amide bonds. The molecule has 21 heavy (non-hydrogen) atoms. The fourth-order valence-electron chi connectivity index (χ4n) is 2.95. The van der Waals surface area contributed by atoms with Gasteiger partial charge >= 0.3 is 0 Å². The van der Waals surface area contributed by atoms with E-state index in [1.165, 1.54) is 6.26 Å². The normalized spacial score (nSPS) is 22.3. The van der Waals surface area contributed by atoms with Gasteiger partial charge in [0, 0.05) is 18.5 Å². The third-order valence-corrected chi connectivity index (χ3v) is 6.03. The number of piperidine rings is 1. The first kappa shape index (κ1) is 16.9. The first-order chi connectivity index (χ1) is 9.90. The van der Waals surface area contributed by atoms with Gasteiger partial charge in [0.15, 0.2) is 0 Å². The van der Waals surface area contributed by atoms with Gasteiger partial charge in [-0.05, 0) is 38.6 Å². The number of aryl methyl sites for hydroxylation is 1. The number of nitrogens with one attached hydrogen (secondary N) is 1. The Hall–Kier alpha value is -0.500. The molecule has 1 aliphatic heterocycles. The van der Waals surface area contributed by atoms with Crippen LogP contribution < -0.4 is 5.32 Å². The van der Waals surface area contributed by atoms with E-state index in [4.69, 9.17) is 0 Å². The summed E-state index contributed by atoms with van der Waals surface area (Å²) in [6.07, 6.45) is 4.30. The average Bonchev–Trinajstić information content (AvgIpc) is 2.84. The zero-order valence-electron chi connectivity index (χ0n) is 13.0. The number of thiazole rings is 1. The van der Waals surface area contributed by atoms with Gasteiger partial charge in [0.05, 0.1) is 23.0 Å². The van der Waals surface area contributed by atoms with Crippen LogP contribution in [0.1, 0.15) is 42.9 Å². The Morgan fingerprint density at radius 2 is 2.33 bits per heavy atom. The standard InChI is InChI=1S/C14H25N3O2S2/c1-4-15-13(14-10-20-11(2)16-14)8-12-6-5-7-17(9-12)21(3,18)19/h10,12-13,15H,4-9H2,1-3H3. The van der Waals surface area contributed by atoms with E-state index in [1.807, 2.05) is 6.92 Å². The van der Waals surface area contributed by atoms with Crippen LogP contribution in [0.4, 0.5) is 0 Å². The summed E-state index contributed by atoms with van der Waals surface area (Å²) in [5.41, 5.74) is 1.09. The predicted octanol–water partition coefficient (Wildman–Crippen LogP) is 2.16. The van der Waals surface area contributed by atoms with E-state index in [9.17, 15) is 8.42 Å². The molecule has 0 aromatic carbocycles. The molecule has 0 saturated carbocycles. The minimum atomic E-state index is -3.07. The second-order valence-electron chi connectivity index (χ2n) is 5.77. The molecule has 0 spiro atoms. The monoisotopic (exact) mass is 331 g/mol. The molecule has 1 aromatic heterocycles. The second-order valence-corrected chi connectivity index (χ2v) is 8.81. The van der Waals surface area contributed by atoms with Crippen molar-refractivity contribution in [2.45, 2.75) is 39.2 Å². The van der Waals surface area contributed by atoms with E-state index in [2.05, 4.69) is 22.6 Å². The fraction of sp³-hybridized carbons (Fsp3) is 0.786. The number of sulfonamides is 1. The lowest BCUT2D eigenvalue weighted by atomic mass is 9.91. The van der Waals surface area contributed by atoms with E-state index in [0.29, 0.717) is 19.0 Å². The van der Waals surface area contributed by atoms with Crippen molar-refractivity contribution in [3.05, 3.63) is 16.1 Å². The van der Waals surface area contributed by atoms with Crippen molar-refractivity contribution in [3.8, 4) is 0 Å². The van der Waals surface area contributed by atoms with E-state index < -0.39 is 10.0 Å². The molecule has 7 heteroatoms. The number of aromatic nitrogens is 1. The quantitative estimate of drug-likeness (QED) is 0.868. The molecular weight excluding hydrogens is 306 g/mol. The van der Waals surface area contributed by atoms with E-state index in [-0.39, 0.29) is 6.04 Å². The first-order valence-electron chi connectivity index (χ1n) is 7.50. The Balaban J connectivity index is 2.03. The third kappa shape index (κ3) is 4.74. The van der Waals surface area contributed by atoms with Crippen LogP contribution in [-0.4, -0.2) is 43.6 Å². The summed E-state index contributed by atoms with van der Waals surface area (Å²) in [5, 5.41) is 6.68. The molecule has 2 heterocycles.